The van der Waals surface area contributed by atoms with Gasteiger partial charge >= 0.3 is 0 Å². The minimum absolute atomic E-state index is 0.233. The van der Waals surface area contributed by atoms with Crippen molar-refractivity contribution in [3.8, 4) is 11.4 Å². The topological polar surface area (TPSA) is 128 Å². The van der Waals surface area contributed by atoms with Gasteiger partial charge in [-0.2, -0.15) is 0 Å². The van der Waals surface area contributed by atoms with Gasteiger partial charge in [0.1, 0.15) is 17.2 Å². The molecule has 10 heteroatoms. The molecule has 4 heterocycles. The zero-order valence-electron chi connectivity index (χ0n) is 15.6. The van der Waals surface area contributed by atoms with Gasteiger partial charge in [-0.25, -0.2) is 4.98 Å². The van der Waals surface area contributed by atoms with E-state index in [4.69, 9.17) is 0 Å². The molecule has 2 amide bonds. The van der Waals surface area contributed by atoms with Gasteiger partial charge in [-0.05, 0) is 29.7 Å². The van der Waals surface area contributed by atoms with Gasteiger partial charge in [-0.15, -0.1) is 5.10 Å². The number of hydrogen-bond acceptors (Lipinski definition) is 7. The van der Waals surface area contributed by atoms with Gasteiger partial charge in [-0.3, -0.25) is 24.2 Å². The molecule has 0 aliphatic heterocycles. The third-order valence-electron chi connectivity index (χ3n) is 4.20. The molecule has 0 spiro atoms. The van der Waals surface area contributed by atoms with E-state index in [1.807, 2.05) is 6.07 Å². The number of carbonyl (C=O) groups is 2. The first kappa shape index (κ1) is 18.2. The molecule has 0 fully saturated rings. The van der Waals surface area contributed by atoms with E-state index in [1.54, 1.807) is 36.4 Å². The predicted molar refractivity (Wildman–Crippen MR) is 105 cm³/mol. The fourth-order valence-electron chi connectivity index (χ4n) is 2.69. The number of amides is 2. The van der Waals surface area contributed by atoms with E-state index in [9.17, 15) is 9.59 Å². The SMILES string of the molecule is CNC(=O)c1ccc(C(=O)Nc2cc3cc(-c4cn(C)nn4)ncc3cn2)cn1. The van der Waals surface area contributed by atoms with Crippen molar-refractivity contribution < 1.29 is 9.59 Å². The van der Waals surface area contributed by atoms with Crippen molar-refractivity contribution in [2.24, 2.45) is 7.05 Å². The highest BCUT2D eigenvalue weighted by Crippen LogP contribution is 2.22. The van der Waals surface area contributed by atoms with Gasteiger partial charge in [0, 0.05) is 38.1 Å². The second-order valence-electron chi connectivity index (χ2n) is 6.23. The molecule has 0 saturated heterocycles. The quantitative estimate of drug-likeness (QED) is 0.541. The summed E-state index contributed by atoms with van der Waals surface area (Å²) in [5, 5.41) is 14.9. The summed E-state index contributed by atoms with van der Waals surface area (Å²) < 4.78 is 1.60. The van der Waals surface area contributed by atoms with Gasteiger partial charge in [0.25, 0.3) is 11.8 Å². The molecular formula is C19H16N8O2. The molecule has 0 aliphatic rings. The lowest BCUT2D eigenvalue weighted by atomic mass is 10.1. The highest BCUT2D eigenvalue weighted by Gasteiger charge is 2.11. The molecule has 0 atom stereocenters. The standard InChI is InChI=1S/C19H16N8O2/c1-20-19(29)14-4-3-11(7-21-14)18(28)24-17-6-12-5-15(16-10-27(2)26-25-16)22-8-13(12)9-23-17/h3-10H,1-2H3,(H,20,29)(H,23,24,28). The lowest BCUT2D eigenvalue weighted by Crippen LogP contribution is -2.20. The smallest absolute Gasteiger partial charge is 0.269 e. The Labute approximate surface area is 165 Å². The van der Waals surface area contributed by atoms with Crippen LogP contribution in [0.1, 0.15) is 20.8 Å². The Kier molecular flexibility index (Phi) is 4.65. The number of carbonyl (C=O) groups excluding carboxylic acids is 2. The number of rotatable bonds is 4. The van der Waals surface area contributed by atoms with Crippen molar-refractivity contribution in [3.63, 3.8) is 0 Å². The number of nitrogens with zero attached hydrogens (tertiary/aromatic N) is 6. The van der Waals surface area contributed by atoms with Crippen LogP contribution in [0.5, 0.6) is 0 Å². The maximum atomic E-state index is 12.5. The van der Waals surface area contributed by atoms with Crippen molar-refractivity contribution in [2.45, 2.75) is 0 Å². The second kappa shape index (κ2) is 7.43. The second-order valence-corrected chi connectivity index (χ2v) is 6.23. The van der Waals surface area contributed by atoms with Gasteiger partial charge in [-0.1, -0.05) is 5.21 Å². The van der Waals surface area contributed by atoms with E-state index in [0.29, 0.717) is 22.8 Å². The van der Waals surface area contributed by atoms with Crippen LogP contribution in [0.3, 0.4) is 0 Å². The first-order valence-corrected chi connectivity index (χ1v) is 8.65. The molecular weight excluding hydrogens is 372 g/mol. The summed E-state index contributed by atoms with van der Waals surface area (Å²) in [6.07, 6.45) is 6.44. The molecule has 4 aromatic rings. The lowest BCUT2D eigenvalue weighted by molar-refractivity contribution is 0.0955. The molecule has 10 nitrogen and oxygen atoms in total. The third kappa shape index (κ3) is 3.76. The van der Waals surface area contributed by atoms with Crippen molar-refractivity contribution in [3.05, 3.63) is 60.3 Å². The Morgan fingerprint density at radius 1 is 0.931 bits per heavy atom. The Morgan fingerprint density at radius 2 is 1.76 bits per heavy atom. The molecule has 4 aromatic heterocycles. The normalized spacial score (nSPS) is 10.7. The fourth-order valence-corrected chi connectivity index (χ4v) is 2.69. The summed E-state index contributed by atoms with van der Waals surface area (Å²) in [4.78, 5) is 36.6. The van der Waals surface area contributed by atoms with E-state index in [2.05, 4.69) is 35.9 Å². The van der Waals surface area contributed by atoms with Crippen LogP contribution in [0.25, 0.3) is 22.2 Å². The maximum Gasteiger partial charge on any atom is 0.269 e. The van der Waals surface area contributed by atoms with Gasteiger partial charge in [0.2, 0.25) is 0 Å². The number of hydrogen-bond donors (Lipinski definition) is 2. The van der Waals surface area contributed by atoms with E-state index in [0.717, 1.165) is 10.8 Å². The number of nitrogens with one attached hydrogen (secondary N) is 2. The Balaban J connectivity index is 1.57. The third-order valence-corrected chi connectivity index (χ3v) is 4.20. The van der Waals surface area contributed by atoms with Crippen molar-refractivity contribution in [1.29, 1.82) is 0 Å². The van der Waals surface area contributed by atoms with Gasteiger partial charge in [0.15, 0.2) is 0 Å². The molecule has 0 bridgehead atoms. The van der Waals surface area contributed by atoms with Gasteiger partial charge < -0.3 is 10.6 Å². The molecule has 0 radical (unpaired) electrons. The van der Waals surface area contributed by atoms with Crippen LogP contribution in [0.4, 0.5) is 5.82 Å². The Bertz CT molecular complexity index is 1220. The first-order valence-electron chi connectivity index (χ1n) is 8.65. The fraction of sp³-hybridized carbons (Fsp3) is 0.105. The van der Waals surface area contributed by atoms with Crippen LogP contribution in [0.15, 0.2) is 49.1 Å². The maximum absolute atomic E-state index is 12.5. The molecule has 0 saturated carbocycles. The molecule has 0 unspecified atom stereocenters. The summed E-state index contributed by atoms with van der Waals surface area (Å²) in [6, 6.07) is 6.63. The van der Waals surface area contributed by atoms with E-state index in [1.165, 1.54) is 25.4 Å². The highest BCUT2D eigenvalue weighted by molar-refractivity contribution is 6.04. The zero-order valence-corrected chi connectivity index (χ0v) is 15.6. The first-order chi connectivity index (χ1) is 14.0. The number of aryl methyl sites for hydroxylation is 1. The van der Waals surface area contributed by atoms with Crippen molar-refractivity contribution >= 4 is 28.4 Å². The van der Waals surface area contributed by atoms with E-state index >= 15 is 0 Å². The van der Waals surface area contributed by atoms with Crippen LogP contribution in [-0.4, -0.2) is 48.8 Å². The number of pyridine rings is 3. The van der Waals surface area contributed by atoms with Crippen molar-refractivity contribution in [1.82, 2.24) is 35.3 Å². The van der Waals surface area contributed by atoms with E-state index in [-0.39, 0.29) is 17.5 Å². The summed E-state index contributed by atoms with van der Waals surface area (Å²) in [6.45, 7) is 0. The number of aromatic nitrogens is 6. The molecule has 2 N–H and O–H groups in total. The number of anilines is 1. The highest BCUT2D eigenvalue weighted by atomic mass is 16.2. The predicted octanol–water partition coefficient (Wildman–Crippen LogP) is 1.43. The average Bonchev–Trinajstić information content (AvgIpc) is 3.19. The van der Waals surface area contributed by atoms with Crippen LogP contribution >= 0.6 is 0 Å². The van der Waals surface area contributed by atoms with Crippen LogP contribution < -0.4 is 10.6 Å². The minimum atomic E-state index is -0.379. The summed E-state index contributed by atoms with van der Waals surface area (Å²) in [5.74, 6) is -0.314. The summed E-state index contributed by atoms with van der Waals surface area (Å²) >= 11 is 0. The van der Waals surface area contributed by atoms with Crippen LogP contribution in [0.2, 0.25) is 0 Å². The molecule has 0 aliphatic carbocycles. The molecule has 29 heavy (non-hydrogen) atoms. The Morgan fingerprint density at radius 3 is 2.45 bits per heavy atom. The number of fused-ring (bicyclic) bond motifs is 1. The summed E-state index contributed by atoms with van der Waals surface area (Å²) in [7, 11) is 3.30. The molecule has 0 aromatic carbocycles. The Hall–Kier alpha value is -4.21. The van der Waals surface area contributed by atoms with Crippen molar-refractivity contribution in [2.75, 3.05) is 12.4 Å². The van der Waals surface area contributed by atoms with Crippen LogP contribution in [-0.2, 0) is 7.05 Å². The zero-order chi connectivity index (χ0) is 20.4. The largest absolute Gasteiger partial charge is 0.354 e. The molecule has 144 valence electrons. The lowest BCUT2D eigenvalue weighted by Gasteiger charge is -2.07. The average molecular weight is 388 g/mol. The minimum Gasteiger partial charge on any atom is -0.354 e. The monoisotopic (exact) mass is 388 g/mol. The van der Waals surface area contributed by atoms with E-state index < -0.39 is 0 Å². The summed E-state index contributed by atoms with van der Waals surface area (Å²) in [5.41, 5.74) is 1.87. The van der Waals surface area contributed by atoms with Gasteiger partial charge in [0.05, 0.1) is 17.5 Å². The molecule has 4 rings (SSSR count). The van der Waals surface area contributed by atoms with Crippen LogP contribution in [0, 0.1) is 0 Å².